The molecule has 0 saturated heterocycles. The van der Waals surface area contributed by atoms with Crippen molar-refractivity contribution in [1.29, 1.82) is 0 Å². The molecule has 0 aliphatic rings. The van der Waals surface area contributed by atoms with Gasteiger partial charge in [0.25, 0.3) is 0 Å². The van der Waals surface area contributed by atoms with Crippen molar-refractivity contribution in [2.45, 2.75) is 51.4 Å². The topological polar surface area (TPSA) is 72.7 Å². The van der Waals surface area contributed by atoms with E-state index in [1.807, 2.05) is 26.0 Å². The summed E-state index contributed by atoms with van der Waals surface area (Å²) in [4.78, 5) is 16.7. The van der Waals surface area contributed by atoms with Gasteiger partial charge in [-0.15, -0.1) is 10.2 Å². The predicted molar refractivity (Wildman–Crippen MR) is 126 cm³/mol. The Morgan fingerprint density at radius 1 is 1.13 bits per heavy atom. The highest BCUT2D eigenvalue weighted by Gasteiger charge is 2.15. The van der Waals surface area contributed by atoms with Crippen LogP contribution in [0.5, 0.6) is 0 Å². The molecule has 31 heavy (non-hydrogen) atoms. The summed E-state index contributed by atoms with van der Waals surface area (Å²) in [5, 5.41) is 13.5. The van der Waals surface area contributed by atoms with E-state index in [0.717, 1.165) is 40.8 Å². The van der Waals surface area contributed by atoms with Gasteiger partial charge in [-0.25, -0.2) is 4.98 Å². The number of amides is 1. The Bertz CT molecular complexity index is 1220. The lowest BCUT2D eigenvalue weighted by atomic mass is 10.1. The SMILES string of the molecule is Cc1cccc(Cn2c3ccccc3c3nnc(SCCCC(=O)NC(C)C)nc32)c1. The molecule has 2 aromatic carbocycles. The largest absolute Gasteiger partial charge is 0.354 e. The van der Waals surface area contributed by atoms with Crippen LogP contribution in [0.4, 0.5) is 0 Å². The van der Waals surface area contributed by atoms with Gasteiger partial charge in [0, 0.05) is 30.1 Å². The number of nitrogens with zero attached hydrogens (tertiary/aromatic N) is 4. The lowest BCUT2D eigenvalue weighted by molar-refractivity contribution is -0.121. The number of fused-ring (bicyclic) bond motifs is 3. The first kappa shape index (κ1) is 21.3. The van der Waals surface area contributed by atoms with Crippen molar-refractivity contribution in [1.82, 2.24) is 25.1 Å². The number of benzene rings is 2. The van der Waals surface area contributed by atoms with Crippen LogP contribution < -0.4 is 5.32 Å². The smallest absolute Gasteiger partial charge is 0.220 e. The maximum Gasteiger partial charge on any atom is 0.220 e. The van der Waals surface area contributed by atoms with Gasteiger partial charge in [0.15, 0.2) is 5.65 Å². The second-order valence-corrected chi connectivity index (χ2v) is 9.10. The summed E-state index contributed by atoms with van der Waals surface area (Å²) in [6.45, 7) is 6.77. The molecule has 0 aliphatic heterocycles. The Morgan fingerprint density at radius 3 is 2.77 bits per heavy atom. The molecule has 0 unspecified atom stereocenters. The van der Waals surface area contributed by atoms with Crippen molar-refractivity contribution in [2.75, 3.05) is 5.75 Å². The van der Waals surface area contributed by atoms with Gasteiger partial charge in [-0.2, -0.15) is 0 Å². The van der Waals surface area contributed by atoms with Crippen LogP contribution in [0.15, 0.2) is 53.7 Å². The summed E-state index contributed by atoms with van der Waals surface area (Å²) in [6.07, 6.45) is 1.28. The summed E-state index contributed by atoms with van der Waals surface area (Å²) in [7, 11) is 0. The van der Waals surface area contributed by atoms with Gasteiger partial charge in [-0.1, -0.05) is 59.8 Å². The van der Waals surface area contributed by atoms with Gasteiger partial charge in [0.1, 0.15) is 5.52 Å². The first-order chi connectivity index (χ1) is 15.0. The zero-order valence-corrected chi connectivity index (χ0v) is 18.9. The normalized spacial score (nSPS) is 11.5. The van der Waals surface area contributed by atoms with E-state index in [-0.39, 0.29) is 11.9 Å². The fourth-order valence-electron chi connectivity index (χ4n) is 3.69. The van der Waals surface area contributed by atoms with Crippen LogP contribution in [0, 0.1) is 6.92 Å². The molecule has 0 bridgehead atoms. The highest BCUT2D eigenvalue weighted by Crippen LogP contribution is 2.28. The molecule has 1 amide bonds. The number of thioether (sulfide) groups is 1. The van der Waals surface area contributed by atoms with Crippen LogP contribution in [0.25, 0.3) is 22.1 Å². The Balaban J connectivity index is 1.58. The molecule has 4 aromatic rings. The number of aromatic nitrogens is 4. The summed E-state index contributed by atoms with van der Waals surface area (Å²) in [5.74, 6) is 0.861. The number of nitrogens with one attached hydrogen (secondary N) is 1. The zero-order valence-electron chi connectivity index (χ0n) is 18.1. The maximum atomic E-state index is 11.8. The van der Waals surface area contributed by atoms with Crippen molar-refractivity contribution >= 4 is 39.7 Å². The molecule has 1 N–H and O–H groups in total. The summed E-state index contributed by atoms with van der Waals surface area (Å²) < 4.78 is 2.22. The third-order valence-corrected chi connectivity index (χ3v) is 5.93. The molecular formula is C24H27N5OS. The second kappa shape index (κ2) is 9.47. The Labute approximate surface area is 186 Å². The molecule has 0 radical (unpaired) electrons. The van der Waals surface area contributed by atoms with Crippen molar-refractivity contribution in [3.05, 3.63) is 59.7 Å². The van der Waals surface area contributed by atoms with E-state index >= 15 is 0 Å². The zero-order chi connectivity index (χ0) is 21.8. The first-order valence-corrected chi connectivity index (χ1v) is 11.6. The number of para-hydroxylation sites is 1. The maximum absolute atomic E-state index is 11.8. The Hall–Kier alpha value is -2.93. The number of hydrogen-bond acceptors (Lipinski definition) is 5. The fourth-order valence-corrected chi connectivity index (χ4v) is 4.41. The molecule has 4 rings (SSSR count). The van der Waals surface area contributed by atoms with Gasteiger partial charge >= 0.3 is 0 Å². The summed E-state index contributed by atoms with van der Waals surface area (Å²) in [6, 6.07) is 16.9. The van der Waals surface area contributed by atoms with Crippen LogP contribution in [0.3, 0.4) is 0 Å². The molecule has 0 saturated carbocycles. The number of carbonyl (C=O) groups is 1. The quantitative estimate of drug-likeness (QED) is 0.321. The molecule has 0 spiro atoms. The molecule has 0 aliphatic carbocycles. The van der Waals surface area contributed by atoms with Crippen LogP contribution in [0.2, 0.25) is 0 Å². The monoisotopic (exact) mass is 433 g/mol. The number of carbonyl (C=O) groups excluding carboxylic acids is 1. The third-order valence-electron chi connectivity index (χ3n) is 5.01. The fraction of sp³-hybridized carbons (Fsp3) is 0.333. The van der Waals surface area contributed by atoms with Crippen molar-refractivity contribution in [2.24, 2.45) is 0 Å². The molecule has 7 heteroatoms. The van der Waals surface area contributed by atoms with Gasteiger partial charge in [-0.3, -0.25) is 4.79 Å². The first-order valence-electron chi connectivity index (χ1n) is 10.6. The van der Waals surface area contributed by atoms with Crippen molar-refractivity contribution < 1.29 is 4.79 Å². The predicted octanol–water partition coefficient (Wildman–Crippen LogP) is 4.73. The highest BCUT2D eigenvalue weighted by molar-refractivity contribution is 7.99. The lowest BCUT2D eigenvalue weighted by Crippen LogP contribution is -2.29. The van der Waals surface area contributed by atoms with Gasteiger partial charge in [0.05, 0.1) is 5.52 Å². The molecule has 2 aromatic heterocycles. The number of rotatable bonds is 8. The van der Waals surface area contributed by atoms with Crippen LogP contribution >= 0.6 is 11.8 Å². The average Bonchev–Trinajstić information content (AvgIpc) is 3.04. The molecule has 6 nitrogen and oxygen atoms in total. The number of hydrogen-bond donors (Lipinski definition) is 1. The Morgan fingerprint density at radius 2 is 1.97 bits per heavy atom. The van der Waals surface area contributed by atoms with E-state index in [2.05, 4.69) is 63.4 Å². The van der Waals surface area contributed by atoms with Crippen LogP contribution in [-0.4, -0.2) is 37.5 Å². The summed E-state index contributed by atoms with van der Waals surface area (Å²) in [5.41, 5.74) is 5.24. The molecule has 0 fully saturated rings. The lowest BCUT2D eigenvalue weighted by Gasteiger charge is -2.08. The number of aryl methyl sites for hydroxylation is 1. The van der Waals surface area contributed by atoms with E-state index < -0.39 is 0 Å². The molecule has 160 valence electrons. The summed E-state index contributed by atoms with van der Waals surface area (Å²) >= 11 is 1.55. The van der Waals surface area contributed by atoms with E-state index in [1.165, 1.54) is 11.1 Å². The average molecular weight is 434 g/mol. The highest BCUT2D eigenvalue weighted by atomic mass is 32.2. The molecule has 0 atom stereocenters. The van der Waals surface area contributed by atoms with E-state index in [9.17, 15) is 4.79 Å². The minimum Gasteiger partial charge on any atom is -0.354 e. The molecular weight excluding hydrogens is 406 g/mol. The van der Waals surface area contributed by atoms with Crippen molar-refractivity contribution in [3.63, 3.8) is 0 Å². The second-order valence-electron chi connectivity index (χ2n) is 8.03. The van der Waals surface area contributed by atoms with E-state index in [4.69, 9.17) is 4.98 Å². The van der Waals surface area contributed by atoms with Crippen LogP contribution in [-0.2, 0) is 11.3 Å². The Kier molecular flexibility index (Phi) is 6.51. The van der Waals surface area contributed by atoms with E-state index in [0.29, 0.717) is 11.6 Å². The standard InChI is InChI=1S/C24H27N5OS/c1-16(2)25-21(30)12-7-13-31-24-26-23-22(27-28-24)19-10-4-5-11-20(19)29(23)15-18-9-6-8-17(3)14-18/h4-6,8-11,14,16H,7,12-13,15H2,1-3H3,(H,25,30). The minimum atomic E-state index is 0.0865. The van der Waals surface area contributed by atoms with Gasteiger partial charge in [0.2, 0.25) is 11.1 Å². The van der Waals surface area contributed by atoms with Crippen molar-refractivity contribution in [3.8, 4) is 0 Å². The van der Waals surface area contributed by atoms with Gasteiger partial charge < -0.3 is 9.88 Å². The van der Waals surface area contributed by atoms with E-state index in [1.54, 1.807) is 11.8 Å². The third kappa shape index (κ3) is 5.05. The van der Waals surface area contributed by atoms with Gasteiger partial charge in [-0.05, 0) is 38.8 Å². The minimum absolute atomic E-state index is 0.0865. The van der Waals surface area contributed by atoms with Crippen LogP contribution in [0.1, 0.15) is 37.8 Å². The molecule has 2 heterocycles.